The summed E-state index contributed by atoms with van der Waals surface area (Å²) in [7, 11) is 0. The van der Waals surface area contributed by atoms with Crippen LogP contribution >= 0.6 is 0 Å². The Morgan fingerprint density at radius 2 is 1.92 bits per heavy atom. The molecule has 0 saturated heterocycles. The molecule has 2 heterocycles. The number of amides is 1. The third-order valence-corrected chi connectivity index (χ3v) is 4.71. The first-order valence-electron chi connectivity index (χ1n) is 8.67. The summed E-state index contributed by atoms with van der Waals surface area (Å²) >= 11 is 0. The highest BCUT2D eigenvalue weighted by atomic mass is 16.6. The average molecular weight is 350 g/mol. The molecule has 0 saturated carbocycles. The summed E-state index contributed by atoms with van der Waals surface area (Å²) in [4.78, 5) is 27.3. The zero-order chi connectivity index (χ0) is 18.1. The highest BCUT2D eigenvalue weighted by Crippen LogP contribution is 2.24. The van der Waals surface area contributed by atoms with Crippen LogP contribution in [0.5, 0.6) is 0 Å². The SMILES string of the molecule is O=C(Nc1ccc2c(c1)nc1n2CCCCC1)c1ccc([N+](=O)[O-])cc1. The third kappa shape index (κ3) is 3.03. The van der Waals surface area contributed by atoms with Crippen LogP contribution in [0.15, 0.2) is 42.5 Å². The summed E-state index contributed by atoms with van der Waals surface area (Å²) in [6.07, 6.45) is 4.54. The molecular weight excluding hydrogens is 332 g/mol. The largest absolute Gasteiger partial charge is 0.328 e. The van der Waals surface area contributed by atoms with E-state index in [1.54, 1.807) is 0 Å². The summed E-state index contributed by atoms with van der Waals surface area (Å²) in [5.74, 6) is 0.802. The van der Waals surface area contributed by atoms with Crippen molar-refractivity contribution in [2.24, 2.45) is 0 Å². The molecule has 26 heavy (non-hydrogen) atoms. The minimum atomic E-state index is -0.488. The van der Waals surface area contributed by atoms with E-state index in [0.717, 1.165) is 42.7 Å². The first-order valence-corrected chi connectivity index (χ1v) is 8.67. The van der Waals surface area contributed by atoms with Crippen LogP contribution in [0.3, 0.4) is 0 Å². The van der Waals surface area contributed by atoms with Gasteiger partial charge < -0.3 is 9.88 Å². The molecule has 7 heteroatoms. The number of fused-ring (bicyclic) bond motifs is 3. The average Bonchev–Trinajstić information content (AvgIpc) is 2.82. The minimum Gasteiger partial charge on any atom is -0.328 e. The molecule has 0 aliphatic carbocycles. The van der Waals surface area contributed by atoms with Crippen molar-refractivity contribution in [3.63, 3.8) is 0 Å². The van der Waals surface area contributed by atoms with Gasteiger partial charge in [0.2, 0.25) is 0 Å². The fraction of sp³-hybridized carbons (Fsp3) is 0.263. The Morgan fingerprint density at radius 1 is 1.12 bits per heavy atom. The van der Waals surface area contributed by atoms with E-state index in [1.165, 1.54) is 30.7 Å². The van der Waals surface area contributed by atoms with Crippen molar-refractivity contribution in [3.05, 3.63) is 64.0 Å². The molecule has 0 fully saturated rings. The molecule has 0 atom stereocenters. The lowest BCUT2D eigenvalue weighted by molar-refractivity contribution is -0.384. The van der Waals surface area contributed by atoms with Crippen molar-refractivity contribution in [1.29, 1.82) is 0 Å². The lowest BCUT2D eigenvalue weighted by Crippen LogP contribution is -2.11. The number of aromatic nitrogens is 2. The Hall–Kier alpha value is -3.22. The second-order valence-corrected chi connectivity index (χ2v) is 6.45. The summed E-state index contributed by atoms with van der Waals surface area (Å²) in [6.45, 7) is 0.986. The van der Waals surface area contributed by atoms with Gasteiger partial charge in [0.1, 0.15) is 5.82 Å². The van der Waals surface area contributed by atoms with Gasteiger partial charge in [0.25, 0.3) is 11.6 Å². The molecule has 1 N–H and O–H groups in total. The number of hydrogen-bond donors (Lipinski definition) is 1. The van der Waals surface area contributed by atoms with E-state index in [4.69, 9.17) is 4.98 Å². The van der Waals surface area contributed by atoms with E-state index in [0.29, 0.717) is 11.3 Å². The van der Waals surface area contributed by atoms with Crippen LogP contribution < -0.4 is 5.32 Å². The third-order valence-electron chi connectivity index (χ3n) is 4.71. The summed E-state index contributed by atoms with van der Waals surface area (Å²) in [6, 6.07) is 11.3. The number of non-ortho nitro benzene ring substituents is 1. The number of nitrogens with zero attached hydrogens (tertiary/aromatic N) is 3. The number of carbonyl (C=O) groups excluding carboxylic acids is 1. The normalized spacial score (nSPS) is 13.8. The lowest BCUT2D eigenvalue weighted by atomic mass is 10.2. The molecule has 0 radical (unpaired) electrons. The quantitative estimate of drug-likeness (QED) is 0.572. The smallest absolute Gasteiger partial charge is 0.269 e. The van der Waals surface area contributed by atoms with Crippen molar-refractivity contribution in [1.82, 2.24) is 9.55 Å². The van der Waals surface area contributed by atoms with Gasteiger partial charge in [0, 0.05) is 36.3 Å². The van der Waals surface area contributed by atoms with Gasteiger partial charge in [-0.3, -0.25) is 14.9 Å². The molecule has 1 aromatic heterocycles. The molecule has 1 amide bonds. The van der Waals surface area contributed by atoms with Gasteiger partial charge >= 0.3 is 0 Å². The molecule has 1 aliphatic heterocycles. The zero-order valence-electron chi connectivity index (χ0n) is 14.1. The number of carbonyl (C=O) groups is 1. The van der Waals surface area contributed by atoms with Crippen LogP contribution in [0, 0.1) is 10.1 Å². The van der Waals surface area contributed by atoms with E-state index in [9.17, 15) is 14.9 Å². The molecule has 0 unspecified atom stereocenters. The van der Waals surface area contributed by atoms with Crippen LogP contribution in [0.4, 0.5) is 11.4 Å². The Morgan fingerprint density at radius 3 is 2.69 bits per heavy atom. The Kier molecular flexibility index (Phi) is 4.12. The Balaban J connectivity index is 1.57. The van der Waals surface area contributed by atoms with Crippen molar-refractivity contribution in [3.8, 4) is 0 Å². The van der Waals surface area contributed by atoms with Crippen molar-refractivity contribution in [2.45, 2.75) is 32.2 Å². The topological polar surface area (TPSA) is 90.1 Å². The summed E-state index contributed by atoms with van der Waals surface area (Å²) < 4.78 is 2.27. The number of nitro benzene ring substituents is 1. The first-order chi connectivity index (χ1) is 12.6. The summed E-state index contributed by atoms with van der Waals surface area (Å²) in [5.41, 5.74) is 2.96. The molecule has 0 spiro atoms. The van der Waals surface area contributed by atoms with Gasteiger partial charge in [-0.1, -0.05) is 6.42 Å². The predicted octanol–water partition coefficient (Wildman–Crippen LogP) is 3.92. The standard InChI is InChI=1S/C19H18N4O3/c24-19(13-5-8-15(9-6-13)23(25)26)20-14-7-10-17-16(12-14)21-18-4-2-1-3-11-22(17)18/h5-10,12H,1-4,11H2,(H,20,24). The van der Waals surface area contributed by atoms with E-state index in [1.807, 2.05) is 18.2 Å². The maximum atomic E-state index is 12.4. The second kappa shape index (κ2) is 6.59. The van der Waals surface area contributed by atoms with Crippen LogP contribution in [0.2, 0.25) is 0 Å². The predicted molar refractivity (Wildman–Crippen MR) is 98.3 cm³/mol. The van der Waals surface area contributed by atoms with E-state index >= 15 is 0 Å². The van der Waals surface area contributed by atoms with Gasteiger partial charge in [-0.15, -0.1) is 0 Å². The molecule has 4 rings (SSSR count). The monoisotopic (exact) mass is 350 g/mol. The number of nitrogens with one attached hydrogen (secondary N) is 1. The number of benzene rings is 2. The Labute approximate surface area is 149 Å². The zero-order valence-corrected chi connectivity index (χ0v) is 14.1. The molecule has 2 aromatic carbocycles. The van der Waals surface area contributed by atoms with Gasteiger partial charge in [0.05, 0.1) is 16.0 Å². The number of nitro groups is 1. The lowest BCUT2D eigenvalue weighted by Gasteiger charge is -2.07. The number of hydrogen-bond acceptors (Lipinski definition) is 4. The van der Waals surface area contributed by atoms with Crippen molar-refractivity contribution >= 4 is 28.3 Å². The first kappa shape index (κ1) is 16.3. The van der Waals surface area contributed by atoms with Gasteiger partial charge in [-0.05, 0) is 43.2 Å². The molecule has 3 aromatic rings. The summed E-state index contributed by atoms with van der Waals surface area (Å²) in [5, 5.41) is 13.5. The fourth-order valence-electron chi connectivity index (χ4n) is 3.37. The molecule has 132 valence electrons. The highest BCUT2D eigenvalue weighted by molar-refractivity contribution is 6.05. The number of rotatable bonds is 3. The van der Waals surface area contributed by atoms with Gasteiger partial charge in [0.15, 0.2) is 0 Å². The number of anilines is 1. The Bertz CT molecular complexity index is 992. The number of imidazole rings is 1. The minimum absolute atomic E-state index is 0.0394. The van der Waals surface area contributed by atoms with Crippen LogP contribution in [-0.4, -0.2) is 20.4 Å². The van der Waals surface area contributed by atoms with E-state index in [2.05, 4.69) is 9.88 Å². The maximum Gasteiger partial charge on any atom is 0.269 e. The molecule has 0 bridgehead atoms. The van der Waals surface area contributed by atoms with E-state index in [-0.39, 0.29) is 11.6 Å². The molecule has 7 nitrogen and oxygen atoms in total. The van der Waals surface area contributed by atoms with E-state index < -0.39 is 4.92 Å². The number of aryl methyl sites for hydroxylation is 2. The fourth-order valence-corrected chi connectivity index (χ4v) is 3.37. The molecule has 1 aliphatic rings. The van der Waals surface area contributed by atoms with Crippen LogP contribution in [0.1, 0.15) is 35.4 Å². The van der Waals surface area contributed by atoms with Gasteiger partial charge in [-0.2, -0.15) is 0 Å². The van der Waals surface area contributed by atoms with Gasteiger partial charge in [-0.25, -0.2) is 4.98 Å². The van der Waals surface area contributed by atoms with Crippen LogP contribution in [-0.2, 0) is 13.0 Å². The van der Waals surface area contributed by atoms with Crippen LogP contribution in [0.25, 0.3) is 11.0 Å². The molecular formula is C19H18N4O3. The second-order valence-electron chi connectivity index (χ2n) is 6.45. The van der Waals surface area contributed by atoms with Crippen molar-refractivity contribution < 1.29 is 9.72 Å². The van der Waals surface area contributed by atoms with Crippen molar-refractivity contribution in [2.75, 3.05) is 5.32 Å². The maximum absolute atomic E-state index is 12.4. The highest BCUT2D eigenvalue weighted by Gasteiger charge is 2.15.